The summed E-state index contributed by atoms with van der Waals surface area (Å²) in [6.45, 7) is 2.70. The highest BCUT2D eigenvalue weighted by molar-refractivity contribution is 5.90. The van der Waals surface area contributed by atoms with E-state index in [1.165, 1.54) is 6.07 Å². The Kier molecular flexibility index (Phi) is 2.83. The Balaban J connectivity index is 2.75. The molecule has 0 aliphatic rings. The van der Waals surface area contributed by atoms with E-state index in [1.54, 1.807) is 6.07 Å². The van der Waals surface area contributed by atoms with Gasteiger partial charge in [0, 0.05) is 24.7 Å². The number of halogens is 1. The van der Waals surface area contributed by atoms with Crippen LogP contribution in [0.1, 0.15) is 12.5 Å². The highest BCUT2D eigenvalue weighted by atomic mass is 19.1. The predicted molar refractivity (Wildman–Crippen MR) is 60.0 cm³/mol. The van der Waals surface area contributed by atoms with Crippen molar-refractivity contribution in [1.29, 1.82) is 0 Å². The zero-order chi connectivity index (χ0) is 11.7. The molecule has 1 heterocycles. The maximum Gasteiger partial charge on any atom is 0.165 e. The molecule has 4 heteroatoms. The zero-order valence-electron chi connectivity index (χ0n) is 9.07. The van der Waals surface area contributed by atoms with Crippen LogP contribution < -0.4 is 0 Å². The average Bonchev–Trinajstić information content (AvgIpc) is 2.63. The van der Waals surface area contributed by atoms with Gasteiger partial charge in [0.2, 0.25) is 0 Å². The summed E-state index contributed by atoms with van der Waals surface area (Å²) >= 11 is 0. The number of aryl methyl sites for hydroxylation is 1. The van der Waals surface area contributed by atoms with Crippen molar-refractivity contribution in [3.63, 3.8) is 0 Å². The molecule has 0 aliphatic heterocycles. The summed E-state index contributed by atoms with van der Waals surface area (Å²) in [5.41, 5.74) is 1.57. The van der Waals surface area contributed by atoms with Crippen LogP contribution in [0.2, 0.25) is 0 Å². The first-order valence-corrected chi connectivity index (χ1v) is 5.29. The number of hydrogen-bond donors (Lipinski definition) is 2. The fourth-order valence-electron chi connectivity index (χ4n) is 2.00. The lowest BCUT2D eigenvalue weighted by Gasteiger charge is -2.02. The molecule has 0 atom stereocenters. The monoisotopic (exact) mass is 223 g/mol. The van der Waals surface area contributed by atoms with Crippen LogP contribution in [0.15, 0.2) is 18.3 Å². The Labute approximate surface area is 92.7 Å². The van der Waals surface area contributed by atoms with Crippen LogP contribution in [0.5, 0.6) is 5.75 Å². The SMILES string of the molecule is CCn1cc(CCO)c2c(O)c(F)ccc21. The normalized spacial score (nSPS) is 11.2. The Bertz CT molecular complexity index is 519. The van der Waals surface area contributed by atoms with Crippen LogP contribution in [-0.2, 0) is 13.0 Å². The second-order valence-corrected chi connectivity index (χ2v) is 3.70. The molecule has 0 radical (unpaired) electrons. The molecule has 0 amide bonds. The Morgan fingerprint density at radius 2 is 2.12 bits per heavy atom. The summed E-state index contributed by atoms with van der Waals surface area (Å²) in [6, 6.07) is 2.90. The van der Waals surface area contributed by atoms with Crippen molar-refractivity contribution in [2.45, 2.75) is 19.9 Å². The number of hydrogen-bond acceptors (Lipinski definition) is 2. The molecule has 2 aromatic rings. The molecule has 0 spiro atoms. The van der Waals surface area contributed by atoms with Crippen LogP contribution in [0.25, 0.3) is 10.9 Å². The third kappa shape index (κ3) is 1.55. The maximum absolute atomic E-state index is 13.3. The lowest BCUT2D eigenvalue weighted by molar-refractivity contribution is 0.300. The van der Waals surface area contributed by atoms with Crippen molar-refractivity contribution in [2.24, 2.45) is 0 Å². The number of rotatable bonds is 3. The molecule has 0 fully saturated rings. The van der Waals surface area contributed by atoms with Crippen LogP contribution in [-0.4, -0.2) is 21.4 Å². The van der Waals surface area contributed by atoms with Gasteiger partial charge in [0.15, 0.2) is 11.6 Å². The van der Waals surface area contributed by atoms with Gasteiger partial charge in [-0.05, 0) is 31.0 Å². The standard InChI is InChI=1S/C12H14FNO2/c1-2-14-7-8(5-6-15)11-10(14)4-3-9(13)12(11)16/h3-4,7,15-16H,2,5-6H2,1H3. The van der Waals surface area contributed by atoms with Gasteiger partial charge in [0.1, 0.15) is 0 Å². The number of phenols is 1. The molecular weight excluding hydrogens is 209 g/mol. The quantitative estimate of drug-likeness (QED) is 0.836. The van der Waals surface area contributed by atoms with Gasteiger partial charge in [-0.15, -0.1) is 0 Å². The topological polar surface area (TPSA) is 45.4 Å². The number of aliphatic hydroxyl groups is 1. The molecule has 0 saturated heterocycles. The van der Waals surface area contributed by atoms with Gasteiger partial charge in [0.05, 0.1) is 5.52 Å². The summed E-state index contributed by atoms with van der Waals surface area (Å²) in [5.74, 6) is -0.950. The Hall–Kier alpha value is -1.55. The number of aromatic nitrogens is 1. The van der Waals surface area contributed by atoms with Gasteiger partial charge >= 0.3 is 0 Å². The average molecular weight is 223 g/mol. The van der Waals surface area contributed by atoms with E-state index in [0.29, 0.717) is 11.8 Å². The molecule has 86 valence electrons. The van der Waals surface area contributed by atoms with Crippen molar-refractivity contribution in [3.05, 3.63) is 29.7 Å². The first kappa shape index (κ1) is 11.0. The fraction of sp³-hybridized carbons (Fsp3) is 0.333. The lowest BCUT2D eigenvalue weighted by atomic mass is 10.1. The molecule has 0 bridgehead atoms. The van der Waals surface area contributed by atoms with E-state index >= 15 is 0 Å². The van der Waals surface area contributed by atoms with Crippen LogP contribution in [0.3, 0.4) is 0 Å². The van der Waals surface area contributed by atoms with Crippen molar-refractivity contribution >= 4 is 10.9 Å². The van der Waals surface area contributed by atoms with Gasteiger partial charge in [-0.2, -0.15) is 0 Å². The third-order valence-electron chi connectivity index (χ3n) is 2.77. The zero-order valence-corrected chi connectivity index (χ0v) is 9.07. The largest absolute Gasteiger partial charge is 0.504 e. The highest BCUT2D eigenvalue weighted by Crippen LogP contribution is 2.32. The second kappa shape index (κ2) is 4.14. The van der Waals surface area contributed by atoms with Crippen LogP contribution >= 0.6 is 0 Å². The number of fused-ring (bicyclic) bond motifs is 1. The minimum absolute atomic E-state index is 0.0151. The van der Waals surface area contributed by atoms with E-state index in [9.17, 15) is 9.50 Å². The number of benzene rings is 1. The summed E-state index contributed by atoms with van der Waals surface area (Å²) < 4.78 is 15.2. The van der Waals surface area contributed by atoms with Gasteiger partial charge < -0.3 is 14.8 Å². The molecule has 2 rings (SSSR count). The first-order chi connectivity index (χ1) is 7.69. The van der Waals surface area contributed by atoms with E-state index in [-0.39, 0.29) is 12.4 Å². The second-order valence-electron chi connectivity index (χ2n) is 3.70. The van der Waals surface area contributed by atoms with Crippen LogP contribution in [0, 0.1) is 5.82 Å². The third-order valence-corrected chi connectivity index (χ3v) is 2.77. The molecule has 1 aromatic carbocycles. The Morgan fingerprint density at radius 1 is 1.38 bits per heavy atom. The fourth-order valence-corrected chi connectivity index (χ4v) is 2.00. The van der Waals surface area contributed by atoms with E-state index in [0.717, 1.165) is 17.6 Å². The molecule has 0 saturated carbocycles. The number of aliphatic hydroxyl groups excluding tert-OH is 1. The molecule has 3 nitrogen and oxygen atoms in total. The number of aromatic hydroxyl groups is 1. The minimum Gasteiger partial charge on any atom is -0.504 e. The van der Waals surface area contributed by atoms with Crippen molar-refractivity contribution < 1.29 is 14.6 Å². The smallest absolute Gasteiger partial charge is 0.165 e. The minimum atomic E-state index is -0.624. The van der Waals surface area contributed by atoms with E-state index in [1.807, 2.05) is 17.7 Å². The summed E-state index contributed by atoms with van der Waals surface area (Å²) in [5, 5.41) is 19.2. The van der Waals surface area contributed by atoms with Gasteiger partial charge in [-0.25, -0.2) is 4.39 Å². The van der Waals surface area contributed by atoms with Gasteiger partial charge in [-0.1, -0.05) is 0 Å². The molecule has 1 aromatic heterocycles. The molecular formula is C12H14FNO2. The Morgan fingerprint density at radius 3 is 2.75 bits per heavy atom. The van der Waals surface area contributed by atoms with E-state index in [2.05, 4.69) is 0 Å². The maximum atomic E-state index is 13.3. The summed E-state index contributed by atoms with van der Waals surface area (Å²) in [6.07, 6.45) is 2.26. The first-order valence-electron chi connectivity index (χ1n) is 5.29. The van der Waals surface area contributed by atoms with E-state index in [4.69, 9.17) is 5.11 Å². The highest BCUT2D eigenvalue weighted by Gasteiger charge is 2.14. The van der Waals surface area contributed by atoms with Crippen molar-refractivity contribution in [1.82, 2.24) is 4.57 Å². The predicted octanol–water partition coefficient (Wildman–Crippen LogP) is 2.04. The summed E-state index contributed by atoms with van der Waals surface area (Å²) in [7, 11) is 0. The van der Waals surface area contributed by atoms with Gasteiger partial charge in [-0.3, -0.25) is 0 Å². The number of nitrogens with zero attached hydrogens (tertiary/aromatic N) is 1. The molecule has 0 unspecified atom stereocenters. The molecule has 16 heavy (non-hydrogen) atoms. The molecule has 2 N–H and O–H groups in total. The van der Waals surface area contributed by atoms with Crippen molar-refractivity contribution in [2.75, 3.05) is 6.61 Å². The van der Waals surface area contributed by atoms with Crippen molar-refractivity contribution in [3.8, 4) is 5.75 Å². The van der Waals surface area contributed by atoms with E-state index < -0.39 is 5.82 Å². The number of phenolic OH excluding ortho intramolecular Hbond substituents is 1. The van der Waals surface area contributed by atoms with Crippen LogP contribution in [0.4, 0.5) is 4.39 Å². The summed E-state index contributed by atoms with van der Waals surface area (Å²) in [4.78, 5) is 0. The molecule has 0 aliphatic carbocycles. The lowest BCUT2D eigenvalue weighted by Crippen LogP contribution is -1.91. The van der Waals surface area contributed by atoms with Gasteiger partial charge in [0.25, 0.3) is 0 Å².